The second kappa shape index (κ2) is 6.24. The molecule has 0 heterocycles. The minimum Gasteiger partial charge on any atom is -0.489 e. The average molecular weight is 247 g/mol. The molecule has 2 rings (SSSR count). The Labute approximate surface area is 111 Å². The van der Waals surface area contributed by atoms with Crippen molar-refractivity contribution >= 4 is 0 Å². The molecule has 0 spiro atoms. The molecule has 2 heteroatoms. The van der Waals surface area contributed by atoms with Gasteiger partial charge in [-0.15, -0.1) is 0 Å². The first-order chi connectivity index (χ1) is 8.74. The summed E-state index contributed by atoms with van der Waals surface area (Å²) in [6, 6.07) is 9.15. The van der Waals surface area contributed by atoms with Crippen LogP contribution in [0, 0.1) is 0 Å². The summed E-state index contributed by atoms with van der Waals surface area (Å²) in [4.78, 5) is 0. The van der Waals surface area contributed by atoms with Crippen LogP contribution in [0.5, 0.6) is 5.75 Å². The highest BCUT2D eigenvalue weighted by molar-refractivity contribution is 5.29. The molecule has 1 aliphatic rings. The maximum Gasteiger partial charge on any atom is 0.119 e. The summed E-state index contributed by atoms with van der Waals surface area (Å²) in [5.41, 5.74) is 1.40. The van der Waals surface area contributed by atoms with Gasteiger partial charge in [0.2, 0.25) is 0 Å². The van der Waals surface area contributed by atoms with E-state index in [0.29, 0.717) is 18.1 Å². The van der Waals surface area contributed by atoms with Gasteiger partial charge in [0.25, 0.3) is 0 Å². The van der Waals surface area contributed by atoms with Crippen LogP contribution in [-0.2, 0) is 0 Å². The Morgan fingerprint density at radius 2 is 2.00 bits per heavy atom. The number of hydrogen-bond acceptors (Lipinski definition) is 2. The molecule has 1 fully saturated rings. The van der Waals surface area contributed by atoms with Crippen molar-refractivity contribution in [1.82, 2.24) is 5.32 Å². The van der Waals surface area contributed by atoms with Crippen LogP contribution in [0.2, 0.25) is 0 Å². The maximum atomic E-state index is 6.08. The highest BCUT2D eigenvalue weighted by Gasteiger charge is 2.27. The van der Waals surface area contributed by atoms with Gasteiger partial charge in [0, 0.05) is 6.04 Å². The van der Waals surface area contributed by atoms with E-state index in [0.717, 1.165) is 5.75 Å². The lowest BCUT2D eigenvalue weighted by Crippen LogP contribution is -2.36. The number of rotatable bonds is 5. The summed E-state index contributed by atoms with van der Waals surface area (Å²) in [5, 5.41) is 3.35. The Kier molecular flexibility index (Phi) is 4.65. The Bertz CT molecular complexity index is 360. The molecule has 1 aromatic rings. The molecule has 1 aliphatic carbocycles. The largest absolute Gasteiger partial charge is 0.489 e. The smallest absolute Gasteiger partial charge is 0.119 e. The molecule has 3 unspecified atom stereocenters. The zero-order valence-corrected chi connectivity index (χ0v) is 11.8. The van der Waals surface area contributed by atoms with Gasteiger partial charge >= 0.3 is 0 Å². The number of hydrogen-bond donors (Lipinski definition) is 1. The second-order valence-corrected chi connectivity index (χ2v) is 5.36. The molecule has 0 aromatic heterocycles. The first-order valence-electron chi connectivity index (χ1n) is 7.18. The summed E-state index contributed by atoms with van der Waals surface area (Å²) in [7, 11) is 2.03. The molecule has 0 saturated heterocycles. The van der Waals surface area contributed by atoms with E-state index in [1.54, 1.807) is 0 Å². The van der Waals surface area contributed by atoms with Gasteiger partial charge in [-0.05, 0) is 56.3 Å². The zero-order valence-electron chi connectivity index (χ0n) is 11.8. The monoisotopic (exact) mass is 247 g/mol. The maximum absolute atomic E-state index is 6.08. The first-order valence-corrected chi connectivity index (χ1v) is 7.18. The molecule has 0 aliphatic heterocycles. The van der Waals surface area contributed by atoms with E-state index in [-0.39, 0.29) is 0 Å². The fourth-order valence-corrected chi connectivity index (χ4v) is 2.68. The third kappa shape index (κ3) is 3.05. The molecule has 100 valence electrons. The van der Waals surface area contributed by atoms with Crippen LogP contribution in [0.4, 0.5) is 0 Å². The lowest BCUT2D eigenvalue weighted by molar-refractivity contribution is 0.179. The third-order valence-electron chi connectivity index (χ3n) is 4.17. The van der Waals surface area contributed by atoms with E-state index < -0.39 is 0 Å². The average Bonchev–Trinajstić information content (AvgIpc) is 2.86. The van der Waals surface area contributed by atoms with Gasteiger partial charge < -0.3 is 10.1 Å². The number of likely N-dealkylation sites (N-methyl/N-ethyl adjacent to an activating group) is 1. The van der Waals surface area contributed by atoms with Crippen molar-refractivity contribution in [2.75, 3.05) is 7.05 Å². The third-order valence-corrected chi connectivity index (χ3v) is 4.17. The van der Waals surface area contributed by atoms with Crippen LogP contribution >= 0.6 is 0 Å². The standard InChI is InChI=1S/C16H25NO/c1-4-12(2)13-8-10-14(11-9-13)18-16-7-5-6-15(16)17-3/h8-12,15-17H,4-7H2,1-3H3. The molecule has 1 aromatic carbocycles. The fraction of sp³-hybridized carbons (Fsp3) is 0.625. The van der Waals surface area contributed by atoms with E-state index >= 15 is 0 Å². The van der Waals surface area contributed by atoms with E-state index in [1.165, 1.54) is 31.2 Å². The minimum absolute atomic E-state index is 0.337. The Morgan fingerprint density at radius 3 is 2.61 bits per heavy atom. The summed E-state index contributed by atoms with van der Waals surface area (Å²) < 4.78 is 6.08. The van der Waals surface area contributed by atoms with Crippen molar-refractivity contribution in [2.24, 2.45) is 0 Å². The molecule has 0 radical (unpaired) electrons. The summed E-state index contributed by atoms with van der Waals surface area (Å²) in [6.07, 6.45) is 5.18. The summed E-state index contributed by atoms with van der Waals surface area (Å²) >= 11 is 0. The van der Waals surface area contributed by atoms with E-state index in [9.17, 15) is 0 Å². The normalized spacial score (nSPS) is 25.1. The zero-order chi connectivity index (χ0) is 13.0. The summed E-state index contributed by atoms with van der Waals surface area (Å²) in [5.74, 6) is 1.64. The van der Waals surface area contributed by atoms with Crippen LogP contribution in [-0.4, -0.2) is 19.2 Å². The number of benzene rings is 1. The van der Waals surface area contributed by atoms with Crippen LogP contribution in [0.25, 0.3) is 0 Å². The Balaban J connectivity index is 1.97. The second-order valence-electron chi connectivity index (χ2n) is 5.36. The number of ether oxygens (including phenoxy) is 1. The fourth-order valence-electron chi connectivity index (χ4n) is 2.68. The Hall–Kier alpha value is -1.02. The van der Waals surface area contributed by atoms with Gasteiger partial charge in [-0.3, -0.25) is 0 Å². The Morgan fingerprint density at radius 1 is 1.28 bits per heavy atom. The highest BCUT2D eigenvalue weighted by Crippen LogP contribution is 2.26. The molecular formula is C16H25NO. The molecule has 18 heavy (non-hydrogen) atoms. The van der Waals surface area contributed by atoms with Crippen molar-refractivity contribution in [1.29, 1.82) is 0 Å². The van der Waals surface area contributed by atoms with E-state index in [1.807, 2.05) is 7.05 Å². The lowest BCUT2D eigenvalue weighted by Gasteiger charge is -2.21. The molecular weight excluding hydrogens is 222 g/mol. The van der Waals surface area contributed by atoms with Gasteiger partial charge in [-0.1, -0.05) is 26.0 Å². The molecule has 2 nitrogen and oxygen atoms in total. The van der Waals surface area contributed by atoms with E-state index in [2.05, 4.69) is 43.4 Å². The minimum atomic E-state index is 0.337. The van der Waals surface area contributed by atoms with Crippen molar-refractivity contribution < 1.29 is 4.74 Å². The van der Waals surface area contributed by atoms with Crippen molar-refractivity contribution in [2.45, 2.75) is 57.6 Å². The van der Waals surface area contributed by atoms with Gasteiger partial charge in [0.15, 0.2) is 0 Å². The van der Waals surface area contributed by atoms with Crippen LogP contribution in [0.15, 0.2) is 24.3 Å². The quantitative estimate of drug-likeness (QED) is 0.856. The van der Waals surface area contributed by atoms with Gasteiger partial charge in [-0.2, -0.15) is 0 Å². The molecule has 0 amide bonds. The predicted molar refractivity (Wildman–Crippen MR) is 76.3 cm³/mol. The van der Waals surface area contributed by atoms with Crippen LogP contribution in [0.3, 0.4) is 0 Å². The van der Waals surface area contributed by atoms with Crippen molar-refractivity contribution in [3.05, 3.63) is 29.8 Å². The van der Waals surface area contributed by atoms with Crippen LogP contribution in [0.1, 0.15) is 51.0 Å². The molecule has 1 saturated carbocycles. The van der Waals surface area contributed by atoms with E-state index in [4.69, 9.17) is 4.74 Å². The molecule has 1 N–H and O–H groups in total. The first kappa shape index (κ1) is 13.4. The van der Waals surface area contributed by atoms with Crippen molar-refractivity contribution in [3.63, 3.8) is 0 Å². The summed E-state index contributed by atoms with van der Waals surface area (Å²) in [6.45, 7) is 4.50. The lowest BCUT2D eigenvalue weighted by atomic mass is 9.99. The SMILES string of the molecule is CCC(C)c1ccc(OC2CCCC2NC)cc1. The van der Waals surface area contributed by atoms with Gasteiger partial charge in [0.05, 0.1) is 0 Å². The van der Waals surface area contributed by atoms with Gasteiger partial charge in [-0.25, -0.2) is 0 Å². The molecule has 3 atom stereocenters. The highest BCUT2D eigenvalue weighted by atomic mass is 16.5. The predicted octanol–water partition coefficient (Wildman–Crippen LogP) is 3.72. The van der Waals surface area contributed by atoms with Gasteiger partial charge in [0.1, 0.15) is 11.9 Å². The molecule has 0 bridgehead atoms. The van der Waals surface area contributed by atoms with Crippen LogP contribution < -0.4 is 10.1 Å². The van der Waals surface area contributed by atoms with Crippen molar-refractivity contribution in [3.8, 4) is 5.75 Å². The number of nitrogens with one attached hydrogen (secondary N) is 1. The topological polar surface area (TPSA) is 21.3 Å².